The molecule has 0 aromatic carbocycles. The summed E-state index contributed by atoms with van der Waals surface area (Å²) >= 11 is 0. The summed E-state index contributed by atoms with van der Waals surface area (Å²) in [5.41, 5.74) is 12.2. The number of furan rings is 1. The van der Waals surface area contributed by atoms with E-state index >= 15 is 0 Å². The third-order valence-corrected chi connectivity index (χ3v) is 5.39. The van der Waals surface area contributed by atoms with E-state index in [2.05, 4.69) is 25.9 Å². The van der Waals surface area contributed by atoms with Crippen LogP contribution >= 0.6 is 0 Å². The lowest BCUT2D eigenvalue weighted by Crippen LogP contribution is -2.43. The minimum absolute atomic E-state index is 0.0277. The normalized spacial score (nSPS) is 17.9. The largest absolute Gasteiger partial charge is 0.459 e. The predicted octanol–water partition coefficient (Wildman–Crippen LogP) is 2.99. The molecule has 10 nitrogen and oxygen atoms in total. The molecule has 0 spiro atoms. The van der Waals surface area contributed by atoms with Gasteiger partial charge in [-0.3, -0.25) is 14.6 Å². The van der Waals surface area contributed by atoms with Gasteiger partial charge in [-0.1, -0.05) is 12.8 Å². The smallest absolute Gasteiger partial charge is 0.291 e. The van der Waals surface area contributed by atoms with E-state index in [1.807, 2.05) is 0 Å². The van der Waals surface area contributed by atoms with Gasteiger partial charge in [-0.2, -0.15) is 0 Å². The van der Waals surface area contributed by atoms with Gasteiger partial charge in [0.05, 0.1) is 35.6 Å². The number of nitrogens with zero attached hydrogens (tertiary/aromatic N) is 2. The zero-order chi connectivity index (χ0) is 23.4. The third kappa shape index (κ3) is 5.26. The first kappa shape index (κ1) is 22.2. The quantitative estimate of drug-likeness (QED) is 0.365. The average molecular weight is 453 g/mol. The zero-order valence-electron chi connectivity index (χ0n) is 17.7. The van der Waals surface area contributed by atoms with Crippen molar-refractivity contribution in [3.63, 3.8) is 0 Å². The maximum atomic E-state index is 14.7. The summed E-state index contributed by atoms with van der Waals surface area (Å²) in [5.74, 6) is -1.84. The van der Waals surface area contributed by atoms with Gasteiger partial charge < -0.3 is 31.8 Å². The van der Waals surface area contributed by atoms with Gasteiger partial charge in [0.15, 0.2) is 17.4 Å². The lowest BCUT2D eigenvalue weighted by molar-refractivity contribution is 0.0990. The number of anilines is 4. The number of nitrogens with one attached hydrogen (secondary N) is 3. The van der Waals surface area contributed by atoms with Gasteiger partial charge in [0.2, 0.25) is 0 Å². The van der Waals surface area contributed by atoms with Gasteiger partial charge in [-0.25, -0.2) is 9.37 Å². The molecule has 3 aromatic heterocycles. The molecule has 2 atom stereocenters. The first-order valence-electron chi connectivity index (χ1n) is 10.5. The van der Waals surface area contributed by atoms with Crippen molar-refractivity contribution in [3.8, 4) is 0 Å². The molecule has 11 heteroatoms. The first-order chi connectivity index (χ1) is 15.9. The summed E-state index contributed by atoms with van der Waals surface area (Å²) in [6.45, 7) is 0. The number of amides is 2. The molecule has 1 fully saturated rings. The van der Waals surface area contributed by atoms with Crippen LogP contribution in [-0.2, 0) is 0 Å². The van der Waals surface area contributed by atoms with Crippen LogP contribution < -0.4 is 27.4 Å². The van der Waals surface area contributed by atoms with Crippen molar-refractivity contribution in [1.82, 2.24) is 9.97 Å². The monoisotopic (exact) mass is 453 g/mol. The van der Waals surface area contributed by atoms with Crippen molar-refractivity contribution in [1.29, 1.82) is 0 Å². The van der Waals surface area contributed by atoms with E-state index in [9.17, 15) is 14.0 Å². The molecule has 0 radical (unpaired) electrons. The number of pyridine rings is 2. The Morgan fingerprint density at radius 1 is 1.12 bits per heavy atom. The number of hydrogen-bond donors (Lipinski definition) is 5. The lowest BCUT2D eigenvalue weighted by Gasteiger charge is -2.30. The van der Waals surface area contributed by atoms with Crippen LogP contribution in [0, 0.1) is 5.82 Å². The maximum absolute atomic E-state index is 14.7. The number of nitrogens with two attached hydrogens (primary N) is 2. The molecule has 2 unspecified atom stereocenters. The molecular formula is C22H24FN7O3. The molecule has 0 bridgehead atoms. The molecule has 3 heterocycles. The Bertz CT molecular complexity index is 1150. The molecule has 4 rings (SSSR count). The van der Waals surface area contributed by atoms with Crippen LogP contribution in [0.3, 0.4) is 0 Å². The van der Waals surface area contributed by atoms with E-state index in [1.54, 1.807) is 12.1 Å². The van der Waals surface area contributed by atoms with Crippen LogP contribution in [0.5, 0.6) is 0 Å². The lowest BCUT2D eigenvalue weighted by atomic mass is 9.91. The Hall–Kier alpha value is -3.99. The number of primary amides is 1. The standard InChI is InChI=1S/C22H24FN7O3/c23-15-9-14(19(25)31)20(30-21(15)29-17-5-2-1-4-16(17)24)27-12-8-13(11-26-10-12)28-22(32)18-6-3-7-33-18/h3,6-11,16-17H,1-2,4-5,24H2,(H2,25,31)(H,28,32)(H2,27,29,30). The summed E-state index contributed by atoms with van der Waals surface area (Å²) in [5, 5.41) is 8.64. The Morgan fingerprint density at radius 2 is 1.91 bits per heavy atom. The van der Waals surface area contributed by atoms with Crippen LogP contribution in [0.1, 0.15) is 46.6 Å². The number of hydrogen-bond acceptors (Lipinski definition) is 8. The van der Waals surface area contributed by atoms with E-state index in [0.717, 1.165) is 31.7 Å². The van der Waals surface area contributed by atoms with Crippen molar-refractivity contribution in [2.24, 2.45) is 11.5 Å². The molecule has 3 aromatic rings. The second-order valence-corrected chi connectivity index (χ2v) is 7.80. The van der Waals surface area contributed by atoms with Crippen LogP contribution in [0.2, 0.25) is 0 Å². The molecule has 172 valence electrons. The number of carbonyl (C=O) groups excluding carboxylic acids is 2. The maximum Gasteiger partial charge on any atom is 0.291 e. The van der Waals surface area contributed by atoms with Gasteiger partial charge in [0.1, 0.15) is 5.82 Å². The summed E-state index contributed by atoms with van der Waals surface area (Å²) < 4.78 is 19.8. The van der Waals surface area contributed by atoms with Crippen LogP contribution in [0.25, 0.3) is 0 Å². The number of halogens is 1. The van der Waals surface area contributed by atoms with Crippen molar-refractivity contribution >= 4 is 34.8 Å². The van der Waals surface area contributed by atoms with Crippen molar-refractivity contribution in [2.75, 3.05) is 16.0 Å². The zero-order valence-corrected chi connectivity index (χ0v) is 17.7. The fourth-order valence-corrected chi connectivity index (χ4v) is 3.70. The topological polar surface area (TPSA) is 161 Å². The SMILES string of the molecule is NC(=O)c1cc(F)c(NC2CCCCC2N)nc1Nc1cncc(NC(=O)c2ccco2)c1. The average Bonchev–Trinajstić information content (AvgIpc) is 3.33. The summed E-state index contributed by atoms with van der Waals surface area (Å²) in [7, 11) is 0. The molecule has 1 saturated carbocycles. The number of rotatable bonds is 7. The third-order valence-electron chi connectivity index (χ3n) is 5.39. The minimum atomic E-state index is -0.847. The number of carbonyl (C=O) groups is 2. The van der Waals surface area contributed by atoms with Crippen LogP contribution in [-0.4, -0.2) is 33.9 Å². The van der Waals surface area contributed by atoms with Gasteiger partial charge in [0, 0.05) is 12.1 Å². The Balaban J connectivity index is 1.57. The minimum Gasteiger partial charge on any atom is -0.459 e. The highest BCUT2D eigenvalue weighted by Gasteiger charge is 2.24. The summed E-state index contributed by atoms with van der Waals surface area (Å²) in [6, 6.07) is 5.49. The second-order valence-electron chi connectivity index (χ2n) is 7.80. The van der Waals surface area contributed by atoms with Gasteiger partial charge in [-0.05, 0) is 37.1 Å². The Labute approximate surface area is 189 Å². The van der Waals surface area contributed by atoms with Gasteiger partial charge in [0.25, 0.3) is 11.8 Å². The Kier molecular flexibility index (Phi) is 6.50. The first-order valence-corrected chi connectivity index (χ1v) is 10.5. The fraction of sp³-hybridized carbons (Fsp3) is 0.273. The van der Waals surface area contributed by atoms with Crippen molar-refractivity contribution in [3.05, 3.63) is 60.1 Å². The fourth-order valence-electron chi connectivity index (χ4n) is 3.70. The van der Waals surface area contributed by atoms with Crippen molar-refractivity contribution < 1.29 is 18.4 Å². The van der Waals surface area contributed by atoms with Crippen molar-refractivity contribution in [2.45, 2.75) is 37.8 Å². The molecule has 33 heavy (non-hydrogen) atoms. The Morgan fingerprint density at radius 3 is 2.64 bits per heavy atom. The molecule has 2 amide bonds. The molecule has 1 aliphatic rings. The van der Waals surface area contributed by atoms with E-state index in [0.29, 0.717) is 11.4 Å². The molecule has 7 N–H and O–H groups in total. The van der Waals surface area contributed by atoms with E-state index in [4.69, 9.17) is 15.9 Å². The molecule has 1 aliphatic carbocycles. The van der Waals surface area contributed by atoms with E-state index < -0.39 is 17.6 Å². The highest BCUT2D eigenvalue weighted by molar-refractivity contribution is 6.02. The molecule has 0 saturated heterocycles. The predicted molar refractivity (Wildman–Crippen MR) is 121 cm³/mol. The van der Waals surface area contributed by atoms with E-state index in [-0.39, 0.29) is 35.0 Å². The molecule has 0 aliphatic heterocycles. The highest BCUT2D eigenvalue weighted by Crippen LogP contribution is 2.27. The van der Waals surface area contributed by atoms with Crippen LogP contribution in [0.4, 0.5) is 27.4 Å². The number of aromatic nitrogens is 2. The van der Waals surface area contributed by atoms with Gasteiger partial charge >= 0.3 is 0 Å². The molecular weight excluding hydrogens is 429 g/mol. The summed E-state index contributed by atoms with van der Waals surface area (Å²) in [4.78, 5) is 32.5. The van der Waals surface area contributed by atoms with E-state index in [1.165, 1.54) is 24.7 Å². The van der Waals surface area contributed by atoms with Crippen LogP contribution in [0.15, 0.2) is 47.3 Å². The second kappa shape index (κ2) is 9.65. The van der Waals surface area contributed by atoms with Gasteiger partial charge in [-0.15, -0.1) is 0 Å². The summed E-state index contributed by atoms with van der Waals surface area (Å²) in [6.07, 6.45) is 7.94. The highest BCUT2D eigenvalue weighted by atomic mass is 19.1.